The molecule has 0 spiro atoms. The minimum atomic E-state index is -2.54. The first-order valence-corrected chi connectivity index (χ1v) is 7.12. The highest BCUT2D eigenvalue weighted by Gasteiger charge is 2.45. The van der Waals surface area contributed by atoms with E-state index in [2.05, 4.69) is 4.89 Å². The van der Waals surface area contributed by atoms with Crippen molar-refractivity contribution in [2.24, 2.45) is 0 Å². The topological polar surface area (TPSA) is 133 Å². The Balaban J connectivity index is 4.62. The first-order valence-electron chi connectivity index (χ1n) is 5.97. The third-order valence-electron chi connectivity index (χ3n) is 2.55. The van der Waals surface area contributed by atoms with Gasteiger partial charge in [-0.3, -0.25) is 10.1 Å². The maximum Gasteiger partial charge on any atom is 0.349 e. The molecule has 2 atom stereocenters. The molecule has 0 bridgehead atoms. The van der Waals surface area contributed by atoms with E-state index in [0.29, 0.717) is 0 Å². The second-order valence-corrected chi connectivity index (χ2v) is 5.37. The van der Waals surface area contributed by atoms with Crippen molar-refractivity contribution in [1.29, 1.82) is 0 Å². The Bertz CT molecular complexity index is 363. The maximum atomic E-state index is 11.7. The van der Waals surface area contributed by atoms with Crippen molar-refractivity contribution >= 4 is 29.6 Å². The Labute approximate surface area is 120 Å². The molecule has 0 aromatic carbocycles. The summed E-state index contributed by atoms with van der Waals surface area (Å²) in [5.74, 6) is -3.39. The molecule has 0 aliphatic rings. The molecule has 0 aliphatic carbocycles. The van der Waals surface area contributed by atoms with Crippen molar-refractivity contribution in [2.45, 2.75) is 38.3 Å². The lowest BCUT2D eigenvalue weighted by Crippen LogP contribution is -2.56. The molecule has 116 valence electrons. The lowest BCUT2D eigenvalue weighted by molar-refractivity contribution is -0.302. The van der Waals surface area contributed by atoms with E-state index < -0.39 is 29.5 Å². The SMILES string of the molecule is CCCCSCC(NC(=O)C(C)(OO)C(=O)O)C(=O)O. The Hall–Kier alpha value is -1.32. The predicted molar refractivity (Wildman–Crippen MR) is 71.6 cm³/mol. The number of carbonyl (C=O) groups is 3. The van der Waals surface area contributed by atoms with Crippen LogP contribution in [0.1, 0.15) is 26.7 Å². The smallest absolute Gasteiger partial charge is 0.349 e. The van der Waals surface area contributed by atoms with Gasteiger partial charge >= 0.3 is 11.9 Å². The van der Waals surface area contributed by atoms with E-state index in [4.69, 9.17) is 15.5 Å². The van der Waals surface area contributed by atoms with Crippen molar-refractivity contribution in [2.75, 3.05) is 11.5 Å². The molecule has 0 saturated heterocycles. The quantitative estimate of drug-likeness (QED) is 0.197. The van der Waals surface area contributed by atoms with Crippen LogP contribution < -0.4 is 5.32 Å². The van der Waals surface area contributed by atoms with E-state index in [1.54, 1.807) is 0 Å². The number of aliphatic carboxylic acids is 2. The van der Waals surface area contributed by atoms with Gasteiger partial charge in [0, 0.05) is 5.75 Å². The molecule has 1 amide bonds. The summed E-state index contributed by atoms with van der Waals surface area (Å²) in [4.78, 5) is 37.2. The first-order chi connectivity index (χ1) is 9.29. The summed E-state index contributed by atoms with van der Waals surface area (Å²) in [5, 5.41) is 28.3. The van der Waals surface area contributed by atoms with Crippen LogP contribution in [0.4, 0.5) is 0 Å². The lowest BCUT2D eigenvalue weighted by Gasteiger charge is -2.22. The average Bonchev–Trinajstić information content (AvgIpc) is 2.40. The molecule has 2 unspecified atom stereocenters. The van der Waals surface area contributed by atoms with E-state index in [9.17, 15) is 14.4 Å². The highest BCUT2D eigenvalue weighted by atomic mass is 32.2. The summed E-state index contributed by atoms with van der Waals surface area (Å²) in [7, 11) is 0. The van der Waals surface area contributed by atoms with E-state index in [1.165, 1.54) is 11.8 Å². The third-order valence-corrected chi connectivity index (χ3v) is 3.70. The maximum absolute atomic E-state index is 11.7. The third kappa shape index (κ3) is 5.35. The van der Waals surface area contributed by atoms with Gasteiger partial charge in [0.25, 0.3) is 11.5 Å². The summed E-state index contributed by atoms with van der Waals surface area (Å²) in [6.45, 7) is 2.82. The number of hydrogen-bond donors (Lipinski definition) is 4. The number of nitrogens with one attached hydrogen (secondary N) is 1. The molecule has 0 aliphatic heterocycles. The van der Waals surface area contributed by atoms with Crippen LogP contribution in [-0.4, -0.2) is 56.5 Å². The Morgan fingerprint density at radius 1 is 1.35 bits per heavy atom. The fraction of sp³-hybridized carbons (Fsp3) is 0.727. The van der Waals surface area contributed by atoms with Crippen LogP contribution in [-0.2, 0) is 19.3 Å². The number of carboxylic acid groups (broad SMARTS) is 2. The van der Waals surface area contributed by atoms with Crippen molar-refractivity contribution in [3.8, 4) is 0 Å². The van der Waals surface area contributed by atoms with Gasteiger partial charge in [0.1, 0.15) is 6.04 Å². The minimum absolute atomic E-state index is 0.0994. The molecular formula is C11H19NO7S. The number of hydrogen-bond acceptors (Lipinski definition) is 6. The average molecular weight is 309 g/mol. The summed E-state index contributed by atoms with van der Waals surface area (Å²) in [5.41, 5.74) is -2.54. The molecule has 9 heteroatoms. The van der Waals surface area contributed by atoms with Gasteiger partial charge in [-0.1, -0.05) is 13.3 Å². The summed E-state index contributed by atoms with van der Waals surface area (Å²) >= 11 is 1.34. The molecule has 0 aromatic heterocycles. The fourth-order valence-corrected chi connectivity index (χ4v) is 2.22. The zero-order chi connectivity index (χ0) is 15.8. The van der Waals surface area contributed by atoms with E-state index in [-0.39, 0.29) is 5.75 Å². The van der Waals surface area contributed by atoms with E-state index in [0.717, 1.165) is 25.5 Å². The molecule has 0 rings (SSSR count). The van der Waals surface area contributed by atoms with Gasteiger partial charge in [-0.2, -0.15) is 11.8 Å². The van der Waals surface area contributed by atoms with Crippen LogP contribution in [0.5, 0.6) is 0 Å². The second kappa shape index (κ2) is 8.77. The van der Waals surface area contributed by atoms with Crippen molar-refractivity contribution in [3.63, 3.8) is 0 Å². The van der Waals surface area contributed by atoms with Crippen LogP contribution in [0.15, 0.2) is 0 Å². The van der Waals surface area contributed by atoms with Crippen LogP contribution in [0.25, 0.3) is 0 Å². The van der Waals surface area contributed by atoms with Gasteiger partial charge in [-0.25, -0.2) is 14.5 Å². The number of rotatable bonds is 10. The van der Waals surface area contributed by atoms with Gasteiger partial charge in [-0.05, 0) is 19.1 Å². The molecular weight excluding hydrogens is 290 g/mol. The highest BCUT2D eigenvalue weighted by Crippen LogP contribution is 2.12. The summed E-state index contributed by atoms with van der Waals surface area (Å²) < 4.78 is 0. The summed E-state index contributed by atoms with van der Waals surface area (Å²) in [6.07, 6.45) is 1.88. The number of carboxylic acids is 2. The first kappa shape index (κ1) is 18.7. The second-order valence-electron chi connectivity index (χ2n) is 4.22. The number of carbonyl (C=O) groups excluding carboxylic acids is 1. The molecule has 8 nitrogen and oxygen atoms in total. The van der Waals surface area contributed by atoms with Crippen molar-refractivity contribution in [3.05, 3.63) is 0 Å². The number of amides is 1. The molecule has 4 N–H and O–H groups in total. The van der Waals surface area contributed by atoms with Gasteiger partial charge in [-0.15, -0.1) is 0 Å². The molecule has 0 aromatic rings. The summed E-state index contributed by atoms with van der Waals surface area (Å²) in [6, 6.07) is -1.25. The Kier molecular flexibility index (Phi) is 8.19. The minimum Gasteiger partial charge on any atom is -0.480 e. The van der Waals surface area contributed by atoms with E-state index >= 15 is 0 Å². The zero-order valence-electron chi connectivity index (χ0n) is 11.3. The van der Waals surface area contributed by atoms with Gasteiger partial charge in [0.15, 0.2) is 0 Å². The van der Waals surface area contributed by atoms with Crippen LogP contribution >= 0.6 is 11.8 Å². The standard InChI is InChI=1S/C11H19NO7S/c1-3-4-5-20-6-7(8(13)14)12-9(15)11(2,19-18)10(16)17/h7,18H,3-6H2,1-2H3,(H,12,15)(H,13,14)(H,16,17). The largest absolute Gasteiger partial charge is 0.480 e. The Morgan fingerprint density at radius 3 is 2.35 bits per heavy atom. The van der Waals surface area contributed by atoms with Gasteiger partial charge in [0.2, 0.25) is 0 Å². The van der Waals surface area contributed by atoms with Crippen molar-refractivity contribution < 1.29 is 34.7 Å². The molecule has 0 saturated carbocycles. The molecule has 0 radical (unpaired) electrons. The van der Waals surface area contributed by atoms with Crippen LogP contribution in [0.2, 0.25) is 0 Å². The Morgan fingerprint density at radius 2 is 1.95 bits per heavy atom. The number of unbranched alkanes of at least 4 members (excludes halogenated alkanes) is 1. The van der Waals surface area contributed by atoms with Crippen LogP contribution in [0.3, 0.4) is 0 Å². The zero-order valence-corrected chi connectivity index (χ0v) is 12.1. The molecule has 0 fully saturated rings. The molecule has 20 heavy (non-hydrogen) atoms. The lowest BCUT2D eigenvalue weighted by atomic mass is 10.1. The van der Waals surface area contributed by atoms with Crippen molar-refractivity contribution in [1.82, 2.24) is 5.32 Å². The normalized spacial score (nSPS) is 15.2. The van der Waals surface area contributed by atoms with Gasteiger partial charge in [0.05, 0.1) is 0 Å². The monoisotopic (exact) mass is 309 g/mol. The van der Waals surface area contributed by atoms with Crippen LogP contribution in [0, 0.1) is 0 Å². The van der Waals surface area contributed by atoms with E-state index in [1.807, 2.05) is 12.2 Å². The highest BCUT2D eigenvalue weighted by molar-refractivity contribution is 7.99. The predicted octanol–water partition coefficient (Wildman–Crippen LogP) is 0.422. The fourth-order valence-electron chi connectivity index (χ4n) is 1.10. The van der Waals surface area contributed by atoms with Gasteiger partial charge < -0.3 is 15.5 Å². The number of thioether (sulfide) groups is 1. The molecule has 0 heterocycles.